The Hall–Kier alpha value is -3.97. The third kappa shape index (κ3) is 7.64. The third-order valence-electron chi connectivity index (χ3n) is 7.21. The van der Waals surface area contributed by atoms with Gasteiger partial charge < -0.3 is 25.4 Å². The van der Waals surface area contributed by atoms with E-state index in [1.165, 1.54) is 20.4 Å². The van der Waals surface area contributed by atoms with Gasteiger partial charge in [-0.15, -0.1) is 0 Å². The van der Waals surface area contributed by atoms with Crippen molar-refractivity contribution < 1.29 is 23.0 Å². The Bertz CT molecular complexity index is 1680. The lowest BCUT2D eigenvalue weighted by atomic mass is 9.98. The summed E-state index contributed by atoms with van der Waals surface area (Å²) >= 11 is 13.9. The van der Waals surface area contributed by atoms with Gasteiger partial charge in [0.2, 0.25) is 17.7 Å². The molecule has 0 unspecified atom stereocenters. The predicted molar refractivity (Wildman–Crippen MR) is 168 cm³/mol. The summed E-state index contributed by atoms with van der Waals surface area (Å²) in [5.41, 5.74) is 4.53. The summed E-state index contributed by atoms with van der Waals surface area (Å²) in [7, 11) is 2.97. The van der Waals surface area contributed by atoms with Crippen molar-refractivity contribution in [1.82, 2.24) is 35.9 Å². The van der Waals surface area contributed by atoms with E-state index in [9.17, 15) is 13.6 Å². The van der Waals surface area contributed by atoms with E-state index >= 15 is 0 Å². The maximum absolute atomic E-state index is 12.5. The quantitative estimate of drug-likeness (QED) is 0.175. The molecule has 0 saturated carbocycles. The fraction of sp³-hybridized carbons (Fsp3) is 0.323. The number of rotatable bonds is 13. The molecule has 0 bridgehead atoms. The first-order chi connectivity index (χ1) is 21.8. The molecule has 1 atom stereocenters. The van der Waals surface area contributed by atoms with Crippen LogP contribution < -0.4 is 25.4 Å². The minimum Gasteiger partial charge on any atom is -0.480 e. The molecule has 236 valence electrons. The number of methoxy groups -OCH3 is 2. The molecule has 45 heavy (non-hydrogen) atoms. The predicted octanol–water partition coefficient (Wildman–Crippen LogP) is 5.31. The minimum absolute atomic E-state index is 0.0677. The highest BCUT2D eigenvalue weighted by Crippen LogP contribution is 2.42. The normalized spacial score (nSPS) is 14.6. The Morgan fingerprint density at radius 2 is 1.38 bits per heavy atom. The van der Waals surface area contributed by atoms with E-state index in [0.717, 1.165) is 6.42 Å². The zero-order chi connectivity index (χ0) is 31.9. The molecule has 1 aliphatic rings. The first-order valence-corrected chi connectivity index (χ1v) is 14.9. The topological polar surface area (TPSA) is 123 Å². The van der Waals surface area contributed by atoms with Crippen molar-refractivity contribution in [2.24, 2.45) is 0 Å². The van der Waals surface area contributed by atoms with Crippen LogP contribution in [0.15, 0.2) is 48.8 Å². The SMILES string of the molecule is COc1nc(-c2cccc(-c3cccc(-c4cnc(CNC[C@@H]5CCC(=O)N5)c(OC)n4)c3Cl)c2Cl)cnc1CNCC(F)F. The van der Waals surface area contributed by atoms with Crippen molar-refractivity contribution in [3.63, 3.8) is 0 Å². The summed E-state index contributed by atoms with van der Waals surface area (Å²) in [6, 6.07) is 11.1. The zero-order valence-corrected chi connectivity index (χ0v) is 26.1. The first-order valence-electron chi connectivity index (χ1n) is 14.2. The van der Waals surface area contributed by atoms with E-state index in [1.807, 2.05) is 30.3 Å². The van der Waals surface area contributed by atoms with Gasteiger partial charge in [0.25, 0.3) is 6.43 Å². The van der Waals surface area contributed by atoms with Crippen LogP contribution in [-0.2, 0) is 17.9 Å². The van der Waals surface area contributed by atoms with Gasteiger partial charge in [-0.2, -0.15) is 0 Å². The highest BCUT2D eigenvalue weighted by molar-refractivity contribution is 6.39. The number of aromatic nitrogens is 4. The van der Waals surface area contributed by atoms with Crippen LogP contribution >= 0.6 is 23.2 Å². The van der Waals surface area contributed by atoms with Gasteiger partial charge in [0, 0.05) is 54.4 Å². The molecule has 0 aliphatic carbocycles. The lowest BCUT2D eigenvalue weighted by Crippen LogP contribution is -2.35. The Labute approximate surface area is 268 Å². The molecule has 3 N–H and O–H groups in total. The highest BCUT2D eigenvalue weighted by Gasteiger charge is 2.21. The smallest absolute Gasteiger partial charge is 0.250 e. The number of alkyl halides is 2. The van der Waals surface area contributed by atoms with Gasteiger partial charge in [-0.25, -0.2) is 18.7 Å². The molecule has 0 radical (unpaired) electrons. The van der Waals surface area contributed by atoms with Gasteiger partial charge in [-0.1, -0.05) is 59.6 Å². The van der Waals surface area contributed by atoms with Crippen LogP contribution in [0.2, 0.25) is 10.0 Å². The van der Waals surface area contributed by atoms with Crippen molar-refractivity contribution in [2.45, 2.75) is 38.4 Å². The molecule has 3 heterocycles. The second-order valence-electron chi connectivity index (χ2n) is 10.2. The average Bonchev–Trinajstić information content (AvgIpc) is 3.46. The van der Waals surface area contributed by atoms with Gasteiger partial charge >= 0.3 is 0 Å². The molecule has 10 nitrogen and oxygen atoms in total. The number of benzene rings is 2. The monoisotopic (exact) mass is 657 g/mol. The fourth-order valence-electron chi connectivity index (χ4n) is 4.99. The van der Waals surface area contributed by atoms with Crippen LogP contribution in [-0.4, -0.2) is 65.6 Å². The third-order valence-corrected chi connectivity index (χ3v) is 8.02. The Kier molecular flexibility index (Phi) is 10.7. The standard InChI is InChI=1S/C31H31Cl2F2N7O3/c1-44-30-24(12-36-11-17-9-10-27(43)40-17)38-14-22(41-30)20-7-3-5-18(28(20)32)19-6-4-8-21(29(19)33)23-15-39-25(31(42-23)45-2)13-37-16-26(34)35/h3-8,14-15,17,26,36-37H,9-13,16H2,1-2H3,(H,40,43)/t17-/m0/s1. The van der Waals surface area contributed by atoms with Crippen molar-refractivity contribution in [2.75, 3.05) is 27.3 Å². The van der Waals surface area contributed by atoms with Crippen LogP contribution in [0, 0.1) is 0 Å². The Morgan fingerprint density at radius 1 is 0.867 bits per heavy atom. The molecule has 1 fully saturated rings. The van der Waals surface area contributed by atoms with Gasteiger partial charge in [-0.05, 0) is 6.42 Å². The number of hydrogen-bond donors (Lipinski definition) is 3. The number of nitrogens with one attached hydrogen (secondary N) is 3. The molecular formula is C31H31Cl2F2N7O3. The number of halogens is 4. The molecule has 1 aliphatic heterocycles. The number of carbonyl (C=O) groups excluding carboxylic acids is 1. The van der Waals surface area contributed by atoms with Crippen molar-refractivity contribution in [1.29, 1.82) is 0 Å². The number of carbonyl (C=O) groups is 1. The van der Waals surface area contributed by atoms with Crippen molar-refractivity contribution >= 4 is 29.1 Å². The van der Waals surface area contributed by atoms with Crippen molar-refractivity contribution in [3.05, 3.63) is 70.2 Å². The lowest BCUT2D eigenvalue weighted by molar-refractivity contribution is -0.119. The van der Waals surface area contributed by atoms with Gasteiger partial charge in [0.05, 0.1) is 54.6 Å². The van der Waals surface area contributed by atoms with Crippen LogP contribution in [0.4, 0.5) is 8.78 Å². The molecule has 1 saturated heterocycles. The molecule has 0 spiro atoms. The molecular weight excluding hydrogens is 627 g/mol. The first kappa shape index (κ1) is 32.4. The van der Waals surface area contributed by atoms with E-state index in [4.69, 9.17) is 32.7 Å². The molecule has 2 aromatic heterocycles. The second-order valence-corrected chi connectivity index (χ2v) is 11.0. The van der Waals surface area contributed by atoms with Gasteiger partial charge in [0.15, 0.2) is 0 Å². The van der Waals surface area contributed by atoms with Gasteiger partial charge in [-0.3, -0.25) is 14.8 Å². The largest absolute Gasteiger partial charge is 0.480 e. The number of ether oxygens (including phenoxy) is 2. The van der Waals surface area contributed by atoms with E-state index in [1.54, 1.807) is 12.3 Å². The summed E-state index contributed by atoms with van der Waals surface area (Å²) in [5, 5.41) is 9.66. The lowest BCUT2D eigenvalue weighted by Gasteiger charge is -2.15. The maximum atomic E-state index is 12.5. The molecule has 4 aromatic rings. The van der Waals surface area contributed by atoms with Gasteiger partial charge in [0.1, 0.15) is 11.4 Å². The summed E-state index contributed by atoms with van der Waals surface area (Å²) in [6.45, 7) is 0.636. The summed E-state index contributed by atoms with van der Waals surface area (Å²) < 4.78 is 36.0. The second kappa shape index (κ2) is 14.9. The number of hydrogen-bond acceptors (Lipinski definition) is 9. The molecule has 5 rings (SSSR count). The minimum atomic E-state index is -2.48. The van der Waals surface area contributed by atoms with E-state index < -0.39 is 13.0 Å². The van der Waals surface area contributed by atoms with Crippen LogP contribution in [0.25, 0.3) is 33.6 Å². The van der Waals surface area contributed by atoms with E-state index in [0.29, 0.717) is 80.5 Å². The summed E-state index contributed by atoms with van der Waals surface area (Å²) in [6.07, 6.45) is 2.02. The van der Waals surface area contributed by atoms with Crippen LogP contribution in [0.5, 0.6) is 11.8 Å². The zero-order valence-electron chi connectivity index (χ0n) is 24.5. The highest BCUT2D eigenvalue weighted by atomic mass is 35.5. The Morgan fingerprint density at radius 3 is 1.84 bits per heavy atom. The van der Waals surface area contributed by atoms with Crippen LogP contribution in [0.1, 0.15) is 24.2 Å². The Balaban J connectivity index is 1.39. The number of amides is 1. The fourth-order valence-corrected chi connectivity index (χ4v) is 5.64. The van der Waals surface area contributed by atoms with Crippen LogP contribution in [0.3, 0.4) is 0 Å². The molecule has 14 heteroatoms. The molecule has 1 amide bonds. The summed E-state index contributed by atoms with van der Waals surface area (Å²) in [5.74, 6) is 0.628. The average molecular weight is 659 g/mol. The van der Waals surface area contributed by atoms with E-state index in [2.05, 4.69) is 35.9 Å². The summed E-state index contributed by atoms with van der Waals surface area (Å²) in [4.78, 5) is 29.6. The van der Waals surface area contributed by atoms with E-state index in [-0.39, 0.29) is 24.4 Å². The number of nitrogens with zero attached hydrogens (tertiary/aromatic N) is 4. The van der Waals surface area contributed by atoms with Crippen molar-refractivity contribution in [3.8, 4) is 45.4 Å². The maximum Gasteiger partial charge on any atom is 0.250 e. The molecule has 2 aromatic carbocycles.